The molecule has 0 aliphatic carbocycles. The second-order valence-corrected chi connectivity index (χ2v) is 7.10. The zero-order chi connectivity index (χ0) is 18.9. The second kappa shape index (κ2) is 7.01. The molecule has 3 heterocycles. The monoisotopic (exact) mass is 391 g/mol. The van der Waals surface area contributed by atoms with Crippen LogP contribution in [-0.4, -0.2) is 36.3 Å². The summed E-state index contributed by atoms with van der Waals surface area (Å²) in [5, 5.41) is 12.5. The quantitative estimate of drug-likeness (QED) is 0.373. The SMILES string of the molecule is Clc1ccc2[nH]nc(-c3nc4ccc(NCCCn5ccnc5)cc4[nH]3)c2c1. The second-order valence-electron chi connectivity index (χ2n) is 6.66. The van der Waals surface area contributed by atoms with Crippen LogP contribution in [0.1, 0.15) is 6.42 Å². The van der Waals surface area contributed by atoms with E-state index in [0.29, 0.717) is 5.02 Å². The first kappa shape index (κ1) is 16.8. The van der Waals surface area contributed by atoms with Gasteiger partial charge in [-0.2, -0.15) is 5.10 Å². The zero-order valence-corrected chi connectivity index (χ0v) is 15.7. The number of H-pyrrole nitrogens is 2. The Bertz CT molecular complexity index is 1240. The molecule has 0 atom stereocenters. The van der Waals surface area contributed by atoms with E-state index in [1.165, 1.54) is 0 Å². The van der Waals surface area contributed by atoms with Gasteiger partial charge in [0.1, 0.15) is 5.69 Å². The van der Waals surface area contributed by atoms with Crippen LogP contribution in [0.15, 0.2) is 55.1 Å². The van der Waals surface area contributed by atoms with Crippen molar-refractivity contribution < 1.29 is 0 Å². The molecular weight excluding hydrogens is 374 g/mol. The van der Waals surface area contributed by atoms with Gasteiger partial charge in [-0.15, -0.1) is 0 Å². The highest BCUT2D eigenvalue weighted by atomic mass is 35.5. The Kier molecular flexibility index (Phi) is 4.21. The number of nitrogens with one attached hydrogen (secondary N) is 3. The van der Waals surface area contributed by atoms with Gasteiger partial charge in [-0.1, -0.05) is 11.6 Å². The van der Waals surface area contributed by atoms with Crippen LogP contribution in [0.25, 0.3) is 33.5 Å². The average molecular weight is 392 g/mol. The standard InChI is InChI=1S/C20H18ClN7/c21-13-2-4-16-15(10-13)19(27-26-16)20-24-17-5-3-14(11-18(17)25-20)23-6-1-8-28-9-7-22-12-28/h2-5,7,9-12,23H,1,6,8H2,(H,24,25)(H,26,27). The molecule has 7 nitrogen and oxygen atoms in total. The van der Waals surface area contributed by atoms with Crippen molar-refractivity contribution in [2.45, 2.75) is 13.0 Å². The van der Waals surface area contributed by atoms with Crippen molar-refractivity contribution in [3.8, 4) is 11.5 Å². The topological polar surface area (TPSA) is 87.2 Å². The van der Waals surface area contributed by atoms with Crippen LogP contribution in [-0.2, 0) is 6.54 Å². The first-order chi connectivity index (χ1) is 13.8. The van der Waals surface area contributed by atoms with Gasteiger partial charge >= 0.3 is 0 Å². The maximum Gasteiger partial charge on any atom is 0.159 e. The van der Waals surface area contributed by atoms with Gasteiger partial charge in [0.05, 0.1) is 22.9 Å². The Hall–Kier alpha value is -3.32. The minimum absolute atomic E-state index is 0.674. The highest BCUT2D eigenvalue weighted by molar-refractivity contribution is 6.31. The summed E-state index contributed by atoms with van der Waals surface area (Å²) in [4.78, 5) is 12.1. The summed E-state index contributed by atoms with van der Waals surface area (Å²) < 4.78 is 2.08. The maximum atomic E-state index is 6.14. The predicted octanol–water partition coefficient (Wildman–Crippen LogP) is 4.46. The fourth-order valence-electron chi connectivity index (χ4n) is 3.31. The van der Waals surface area contributed by atoms with E-state index < -0.39 is 0 Å². The van der Waals surface area contributed by atoms with Crippen molar-refractivity contribution in [3.63, 3.8) is 0 Å². The van der Waals surface area contributed by atoms with Gasteiger partial charge in [-0.25, -0.2) is 9.97 Å². The minimum atomic E-state index is 0.674. The van der Waals surface area contributed by atoms with Gasteiger partial charge in [0.2, 0.25) is 0 Å². The van der Waals surface area contributed by atoms with Crippen LogP contribution in [0.5, 0.6) is 0 Å². The molecule has 3 aromatic heterocycles. The van der Waals surface area contributed by atoms with Crippen molar-refractivity contribution in [1.29, 1.82) is 0 Å². The Labute approximate surface area is 165 Å². The molecule has 0 aliphatic heterocycles. The number of aryl methyl sites for hydroxylation is 1. The smallest absolute Gasteiger partial charge is 0.159 e. The number of aromatic nitrogens is 6. The van der Waals surface area contributed by atoms with Crippen LogP contribution < -0.4 is 5.32 Å². The number of rotatable bonds is 6. The van der Waals surface area contributed by atoms with Crippen molar-refractivity contribution >= 4 is 39.2 Å². The number of hydrogen-bond acceptors (Lipinski definition) is 4. The zero-order valence-electron chi connectivity index (χ0n) is 15.0. The van der Waals surface area contributed by atoms with Crippen LogP contribution >= 0.6 is 11.6 Å². The van der Waals surface area contributed by atoms with E-state index in [4.69, 9.17) is 11.6 Å². The molecule has 0 unspecified atom stereocenters. The number of aromatic amines is 2. The predicted molar refractivity (Wildman–Crippen MR) is 112 cm³/mol. The summed E-state index contributed by atoms with van der Waals surface area (Å²) in [5.41, 5.74) is 4.62. The molecule has 0 saturated heterocycles. The number of fused-ring (bicyclic) bond motifs is 2. The molecule has 8 heteroatoms. The lowest BCUT2D eigenvalue weighted by Gasteiger charge is -2.06. The number of imidazole rings is 2. The summed E-state index contributed by atoms with van der Waals surface area (Å²) >= 11 is 6.14. The Morgan fingerprint density at radius 2 is 2.07 bits per heavy atom. The lowest BCUT2D eigenvalue weighted by atomic mass is 10.2. The molecule has 0 amide bonds. The van der Waals surface area contributed by atoms with E-state index in [-0.39, 0.29) is 0 Å². The molecule has 140 valence electrons. The molecule has 0 aliphatic rings. The van der Waals surface area contributed by atoms with E-state index in [0.717, 1.165) is 58.7 Å². The van der Waals surface area contributed by atoms with E-state index in [2.05, 4.69) is 41.1 Å². The third kappa shape index (κ3) is 3.20. The van der Waals surface area contributed by atoms with Crippen molar-refractivity contribution in [1.82, 2.24) is 29.7 Å². The highest BCUT2D eigenvalue weighted by Gasteiger charge is 2.13. The molecule has 0 saturated carbocycles. The fourth-order valence-corrected chi connectivity index (χ4v) is 3.48. The number of benzene rings is 2. The summed E-state index contributed by atoms with van der Waals surface area (Å²) in [5.74, 6) is 0.723. The molecular formula is C20H18ClN7. The van der Waals surface area contributed by atoms with E-state index in [9.17, 15) is 0 Å². The molecule has 28 heavy (non-hydrogen) atoms. The van der Waals surface area contributed by atoms with E-state index in [1.807, 2.05) is 42.9 Å². The third-order valence-electron chi connectivity index (χ3n) is 4.71. The molecule has 5 rings (SSSR count). The minimum Gasteiger partial charge on any atom is -0.385 e. The first-order valence-corrected chi connectivity index (χ1v) is 9.47. The molecule has 2 aromatic carbocycles. The van der Waals surface area contributed by atoms with Gasteiger partial charge in [0, 0.05) is 41.6 Å². The van der Waals surface area contributed by atoms with E-state index in [1.54, 1.807) is 6.20 Å². The summed E-state index contributed by atoms with van der Waals surface area (Å²) in [7, 11) is 0. The Morgan fingerprint density at radius 3 is 2.96 bits per heavy atom. The molecule has 0 fully saturated rings. The van der Waals surface area contributed by atoms with Crippen LogP contribution in [0.3, 0.4) is 0 Å². The lowest BCUT2D eigenvalue weighted by Crippen LogP contribution is -2.05. The van der Waals surface area contributed by atoms with Gasteiger partial charge in [-0.05, 0) is 42.8 Å². The van der Waals surface area contributed by atoms with Gasteiger partial charge in [-0.3, -0.25) is 5.10 Å². The van der Waals surface area contributed by atoms with Crippen LogP contribution in [0, 0.1) is 0 Å². The number of nitrogens with zero attached hydrogens (tertiary/aromatic N) is 4. The fraction of sp³-hybridized carbons (Fsp3) is 0.150. The lowest BCUT2D eigenvalue weighted by molar-refractivity contribution is 0.661. The number of hydrogen-bond donors (Lipinski definition) is 3. The number of anilines is 1. The summed E-state index contributed by atoms with van der Waals surface area (Å²) in [6.07, 6.45) is 6.63. The van der Waals surface area contributed by atoms with Gasteiger partial charge < -0.3 is 14.9 Å². The van der Waals surface area contributed by atoms with Crippen LogP contribution in [0.4, 0.5) is 5.69 Å². The third-order valence-corrected chi connectivity index (χ3v) is 4.95. The number of halogens is 1. The summed E-state index contributed by atoms with van der Waals surface area (Å²) in [6, 6.07) is 11.8. The molecule has 0 radical (unpaired) electrons. The molecule has 0 spiro atoms. The van der Waals surface area contributed by atoms with Crippen molar-refractivity contribution in [2.24, 2.45) is 0 Å². The van der Waals surface area contributed by atoms with E-state index >= 15 is 0 Å². The Morgan fingerprint density at radius 1 is 1.11 bits per heavy atom. The normalized spacial score (nSPS) is 11.5. The average Bonchev–Trinajstić information content (AvgIpc) is 3.43. The van der Waals surface area contributed by atoms with Gasteiger partial charge in [0.25, 0.3) is 0 Å². The molecule has 3 N–H and O–H groups in total. The van der Waals surface area contributed by atoms with Crippen molar-refractivity contribution in [3.05, 3.63) is 60.1 Å². The highest BCUT2D eigenvalue weighted by Crippen LogP contribution is 2.28. The molecule has 0 bridgehead atoms. The summed E-state index contributed by atoms with van der Waals surface area (Å²) in [6.45, 7) is 1.82. The first-order valence-electron chi connectivity index (χ1n) is 9.10. The van der Waals surface area contributed by atoms with Crippen LogP contribution in [0.2, 0.25) is 5.02 Å². The molecule has 5 aromatic rings. The maximum absolute atomic E-state index is 6.14. The van der Waals surface area contributed by atoms with Gasteiger partial charge in [0.15, 0.2) is 5.82 Å². The van der Waals surface area contributed by atoms with Crippen molar-refractivity contribution in [2.75, 3.05) is 11.9 Å². The Balaban J connectivity index is 1.35. The largest absolute Gasteiger partial charge is 0.385 e.